The molecule has 0 aliphatic carbocycles. The summed E-state index contributed by atoms with van der Waals surface area (Å²) in [7, 11) is 0. The molecular formula is C7H14N2O2. The Labute approximate surface area is 66.4 Å². The average molecular weight is 158 g/mol. The molecule has 0 rings (SSSR count). The van der Waals surface area contributed by atoms with Crippen LogP contribution in [0.1, 0.15) is 13.3 Å². The fraction of sp³-hybridized carbons (Fsp3) is 0.429. The van der Waals surface area contributed by atoms with Gasteiger partial charge in [-0.15, -0.1) is 0 Å². The molecule has 1 unspecified atom stereocenters. The molecule has 4 heteroatoms. The summed E-state index contributed by atoms with van der Waals surface area (Å²) < 4.78 is 0. The monoisotopic (exact) mass is 158 g/mol. The van der Waals surface area contributed by atoms with Gasteiger partial charge in [-0.1, -0.05) is 13.5 Å². The molecule has 0 aliphatic heterocycles. The Bertz CT molecular complexity index is 141. The molecule has 4 N–H and O–H groups in total. The molecule has 0 saturated heterocycles. The van der Waals surface area contributed by atoms with E-state index >= 15 is 0 Å². The van der Waals surface area contributed by atoms with Crippen molar-refractivity contribution in [3.05, 3.63) is 24.5 Å². The van der Waals surface area contributed by atoms with Crippen molar-refractivity contribution in [3.8, 4) is 0 Å². The van der Waals surface area contributed by atoms with Gasteiger partial charge >= 0.3 is 0 Å². The lowest BCUT2D eigenvalue weighted by Crippen LogP contribution is -2.14. The lowest BCUT2D eigenvalue weighted by atomic mass is 10.2. The fourth-order valence-corrected chi connectivity index (χ4v) is 0.592. The molecule has 0 radical (unpaired) electrons. The van der Waals surface area contributed by atoms with Crippen LogP contribution in [0.3, 0.4) is 0 Å². The molecular weight excluding hydrogens is 144 g/mol. The Hall–Kier alpha value is -0.840. The second-order valence-electron chi connectivity index (χ2n) is 1.97. The van der Waals surface area contributed by atoms with Gasteiger partial charge in [-0.05, 0) is 18.6 Å². The number of allylic oxidation sites excluding steroid dienone is 1. The van der Waals surface area contributed by atoms with Gasteiger partial charge in [0.15, 0.2) is 0 Å². The molecule has 64 valence electrons. The zero-order chi connectivity index (χ0) is 8.69. The number of hydrogen-bond acceptors (Lipinski definition) is 4. The quantitative estimate of drug-likeness (QED) is 0.349. The van der Waals surface area contributed by atoms with Crippen LogP contribution in [0.5, 0.6) is 0 Å². The third-order valence-corrected chi connectivity index (χ3v) is 1.26. The van der Waals surface area contributed by atoms with Crippen LogP contribution in [0.15, 0.2) is 24.5 Å². The van der Waals surface area contributed by atoms with Crippen LogP contribution in [-0.2, 0) is 9.68 Å². The van der Waals surface area contributed by atoms with Crippen molar-refractivity contribution in [2.75, 3.05) is 0 Å². The van der Waals surface area contributed by atoms with Gasteiger partial charge in [-0.2, -0.15) is 5.90 Å². The van der Waals surface area contributed by atoms with Gasteiger partial charge in [0.1, 0.15) is 11.9 Å². The number of hydrogen-bond donors (Lipinski definition) is 2. The van der Waals surface area contributed by atoms with Crippen molar-refractivity contribution in [3.63, 3.8) is 0 Å². The minimum Gasteiger partial charge on any atom is -0.412 e. The summed E-state index contributed by atoms with van der Waals surface area (Å²) in [5, 5.41) is 0. The lowest BCUT2D eigenvalue weighted by molar-refractivity contribution is 0.0800. The van der Waals surface area contributed by atoms with Crippen molar-refractivity contribution in [1.29, 1.82) is 0 Å². The maximum absolute atomic E-state index is 4.97. The molecule has 0 amide bonds. The first kappa shape index (κ1) is 10.2. The van der Waals surface area contributed by atoms with Crippen LogP contribution in [0.4, 0.5) is 0 Å². The zero-order valence-electron chi connectivity index (χ0n) is 6.62. The molecule has 0 heterocycles. The molecule has 0 fully saturated rings. The molecule has 0 bridgehead atoms. The van der Waals surface area contributed by atoms with Gasteiger partial charge in [-0.3, -0.25) is 4.84 Å². The van der Waals surface area contributed by atoms with Crippen molar-refractivity contribution in [2.45, 2.75) is 19.4 Å². The second kappa shape index (κ2) is 5.91. The smallest absolute Gasteiger partial charge is 0.144 e. The molecule has 0 aromatic carbocycles. The van der Waals surface area contributed by atoms with E-state index in [-0.39, 0.29) is 6.10 Å². The van der Waals surface area contributed by atoms with Crippen molar-refractivity contribution < 1.29 is 9.68 Å². The van der Waals surface area contributed by atoms with E-state index in [1.165, 1.54) is 6.08 Å². The predicted octanol–water partition coefficient (Wildman–Crippen LogP) is 0.616. The number of rotatable bonds is 5. The maximum atomic E-state index is 4.97. The van der Waals surface area contributed by atoms with E-state index in [4.69, 9.17) is 11.8 Å². The van der Waals surface area contributed by atoms with Crippen LogP contribution < -0.4 is 11.8 Å². The largest absolute Gasteiger partial charge is 0.412 e. The summed E-state index contributed by atoms with van der Waals surface area (Å²) in [6.07, 6.45) is 3.73. The Balaban J connectivity index is 4.09. The first-order valence-electron chi connectivity index (χ1n) is 3.35. The number of nitrogens with two attached hydrogens (primary N) is 2. The van der Waals surface area contributed by atoms with Crippen molar-refractivity contribution >= 4 is 0 Å². The van der Waals surface area contributed by atoms with E-state index in [1.54, 1.807) is 6.08 Å². The summed E-state index contributed by atoms with van der Waals surface area (Å²) in [5.74, 6) is 10.3. The lowest BCUT2D eigenvalue weighted by Gasteiger charge is -2.07. The topological polar surface area (TPSA) is 70.5 Å². The summed E-state index contributed by atoms with van der Waals surface area (Å²) >= 11 is 0. The fourth-order valence-electron chi connectivity index (χ4n) is 0.592. The van der Waals surface area contributed by atoms with E-state index in [9.17, 15) is 0 Å². The van der Waals surface area contributed by atoms with Gasteiger partial charge in [0.05, 0.1) is 0 Å². The Kier molecular flexibility index (Phi) is 5.46. The van der Waals surface area contributed by atoms with Gasteiger partial charge in [0, 0.05) is 0 Å². The van der Waals surface area contributed by atoms with E-state index in [2.05, 4.69) is 16.3 Å². The highest BCUT2D eigenvalue weighted by Crippen LogP contribution is 2.02. The summed E-state index contributed by atoms with van der Waals surface area (Å²) in [6, 6.07) is 0. The van der Waals surface area contributed by atoms with Crippen LogP contribution >= 0.6 is 0 Å². The maximum Gasteiger partial charge on any atom is 0.144 e. The molecule has 0 aliphatic rings. The minimum absolute atomic E-state index is 0.174. The molecule has 11 heavy (non-hydrogen) atoms. The van der Waals surface area contributed by atoms with Gasteiger partial charge in [0.2, 0.25) is 0 Å². The molecule has 4 nitrogen and oxygen atoms in total. The van der Waals surface area contributed by atoms with Gasteiger partial charge < -0.3 is 4.84 Å². The molecule has 0 aromatic rings. The van der Waals surface area contributed by atoms with E-state index in [1.807, 2.05) is 6.92 Å². The Morgan fingerprint density at radius 1 is 1.64 bits per heavy atom. The normalized spacial score (nSPS) is 14.3. The van der Waals surface area contributed by atoms with Crippen LogP contribution in [0.2, 0.25) is 0 Å². The third-order valence-electron chi connectivity index (χ3n) is 1.26. The first-order chi connectivity index (χ1) is 5.28. The molecule has 0 aromatic heterocycles. The van der Waals surface area contributed by atoms with Crippen LogP contribution in [-0.4, -0.2) is 6.10 Å². The minimum atomic E-state index is -0.174. The molecule has 1 atom stereocenters. The first-order valence-corrected chi connectivity index (χ1v) is 3.35. The highest BCUT2D eigenvalue weighted by Gasteiger charge is 2.01. The van der Waals surface area contributed by atoms with Crippen molar-refractivity contribution in [1.82, 2.24) is 0 Å². The average Bonchev–Trinajstić information content (AvgIpc) is 2.07. The zero-order valence-corrected chi connectivity index (χ0v) is 6.62. The SMILES string of the molecule is C=C/C(=C\C(CC)ON)ON. The van der Waals surface area contributed by atoms with Crippen LogP contribution in [0.25, 0.3) is 0 Å². The summed E-state index contributed by atoms with van der Waals surface area (Å²) in [4.78, 5) is 9.02. The standard InChI is InChI=1S/C7H14N2O2/c1-3-6(10-8)5-7(4-2)11-9/h3,5,7H,1,4,8-9H2,2H3/b6-5+. The molecule has 0 saturated carbocycles. The Morgan fingerprint density at radius 2 is 2.27 bits per heavy atom. The second-order valence-corrected chi connectivity index (χ2v) is 1.97. The highest BCUT2D eigenvalue weighted by atomic mass is 16.6. The third kappa shape index (κ3) is 3.77. The Morgan fingerprint density at radius 3 is 2.55 bits per heavy atom. The van der Waals surface area contributed by atoms with Gasteiger partial charge in [-0.25, -0.2) is 5.90 Å². The highest BCUT2D eigenvalue weighted by molar-refractivity contribution is 5.10. The summed E-state index contributed by atoms with van der Waals surface area (Å²) in [6.45, 7) is 5.42. The van der Waals surface area contributed by atoms with Crippen LogP contribution in [0, 0.1) is 0 Å². The van der Waals surface area contributed by atoms with Crippen molar-refractivity contribution in [2.24, 2.45) is 11.8 Å². The van der Waals surface area contributed by atoms with E-state index in [0.29, 0.717) is 5.76 Å². The van der Waals surface area contributed by atoms with E-state index in [0.717, 1.165) is 6.42 Å². The summed E-state index contributed by atoms with van der Waals surface area (Å²) in [5.41, 5.74) is 0. The van der Waals surface area contributed by atoms with Gasteiger partial charge in [0.25, 0.3) is 0 Å². The molecule has 0 spiro atoms. The predicted molar refractivity (Wildman–Crippen MR) is 42.9 cm³/mol. The van der Waals surface area contributed by atoms with E-state index < -0.39 is 0 Å².